The average Bonchev–Trinajstić information content (AvgIpc) is 2.86. The van der Waals surface area contributed by atoms with Crippen LogP contribution in [0.1, 0.15) is 27.5 Å². The van der Waals surface area contributed by atoms with Crippen LogP contribution in [-0.4, -0.2) is 54.2 Å². The van der Waals surface area contributed by atoms with Crippen LogP contribution < -0.4 is 5.32 Å². The Morgan fingerprint density at radius 1 is 0.844 bits per heavy atom. The maximum atomic E-state index is 11.6. The van der Waals surface area contributed by atoms with E-state index in [2.05, 4.69) is 75.8 Å². The number of piperazine rings is 1. The van der Waals surface area contributed by atoms with Gasteiger partial charge in [-0.3, -0.25) is 4.90 Å². The van der Waals surface area contributed by atoms with Gasteiger partial charge in [-0.05, 0) is 47.6 Å². The maximum Gasteiger partial charge on any atom is 0.337 e. The minimum Gasteiger partial charge on any atom is -0.465 e. The molecule has 32 heavy (non-hydrogen) atoms. The molecule has 3 aromatic rings. The van der Waals surface area contributed by atoms with Crippen LogP contribution in [0.5, 0.6) is 0 Å². The molecule has 1 saturated heterocycles. The summed E-state index contributed by atoms with van der Waals surface area (Å²) in [5.74, 6) is -0.346. The third-order valence-corrected chi connectivity index (χ3v) is 6.11. The molecule has 5 nitrogen and oxygen atoms in total. The highest BCUT2D eigenvalue weighted by Crippen LogP contribution is 2.29. The summed E-state index contributed by atoms with van der Waals surface area (Å²) >= 11 is 5.66. The standard InChI is InChI=1S/C26H27N3O2S/c1-31-25(30)22-12-14-23(15-13-22)27-26(32)29-18-16-28(17-19-29)24(20-8-4-2-5-9-20)21-10-6-3-7-11-21/h2-15,24H,16-19H2,1H3,(H,27,32). The zero-order valence-corrected chi connectivity index (χ0v) is 18.9. The lowest BCUT2D eigenvalue weighted by molar-refractivity contribution is 0.0601. The third-order valence-electron chi connectivity index (χ3n) is 5.75. The van der Waals surface area contributed by atoms with Gasteiger partial charge in [-0.2, -0.15) is 0 Å². The number of hydrogen-bond donors (Lipinski definition) is 1. The summed E-state index contributed by atoms with van der Waals surface area (Å²) in [5, 5.41) is 3.99. The Kier molecular flexibility index (Phi) is 7.14. The van der Waals surface area contributed by atoms with Gasteiger partial charge in [-0.15, -0.1) is 0 Å². The molecule has 6 heteroatoms. The first kappa shape index (κ1) is 22.0. The predicted molar refractivity (Wildman–Crippen MR) is 132 cm³/mol. The van der Waals surface area contributed by atoms with Gasteiger partial charge in [-0.1, -0.05) is 60.7 Å². The molecule has 1 N–H and O–H groups in total. The number of benzene rings is 3. The van der Waals surface area contributed by atoms with Crippen LogP contribution in [0.4, 0.5) is 5.69 Å². The summed E-state index contributed by atoms with van der Waals surface area (Å²) in [6, 6.07) is 28.7. The number of nitrogens with one attached hydrogen (secondary N) is 1. The number of rotatable bonds is 5. The van der Waals surface area contributed by atoms with Gasteiger partial charge in [0.2, 0.25) is 0 Å². The Morgan fingerprint density at radius 2 is 1.38 bits per heavy atom. The molecule has 0 aromatic heterocycles. The largest absolute Gasteiger partial charge is 0.465 e. The lowest BCUT2D eigenvalue weighted by Crippen LogP contribution is -2.50. The number of nitrogens with zero attached hydrogens (tertiary/aromatic N) is 2. The fraction of sp³-hybridized carbons (Fsp3) is 0.231. The van der Waals surface area contributed by atoms with Crippen molar-refractivity contribution in [3.63, 3.8) is 0 Å². The predicted octanol–water partition coefficient (Wildman–Crippen LogP) is 4.58. The summed E-state index contributed by atoms with van der Waals surface area (Å²) in [5.41, 5.74) is 3.99. The fourth-order valence-electron chi connectivity index (χ4n) is 4.08. The van der Waals surface area contributed by atoms with Crippen LogP contribution in [0.15, 0.2) is 84.9 Å². The zero-order chi connectivity index (χ0) is 22.3. The highest BCUT2D eigenvalue weighted by molar-refractivity contribution is 7.80. The lowest BCUT2D eigenvalue weighted by atomic mass is 9.96. The SMILES string of the molecule is COC(=O)c1ccc(NC(=S)N2CCN(C(c3ccccc3)c3ccccc3)CC2)cc1. The quantitative estimate of drug-likeness (QED) is 0.458. The number of hydrogen-bond acceptors (Lipinski definition) is 4. The van der Waals surface area contributed by atoms with Crippen LogP contribution in [0.3, 0.4) is 0 Å². The molecule has 4 rings (SSSR count). The van der Waals surface area contributed by atoms with Gasteiger partial charge in [0.15, 0.2) is 5.11 Å². The van der Waals surface area contributed by atoms with E-state index in [0.29, 0.717) is 10.7 Å². The highest BCUT2D eigenvalue weighted by Gasteiger charge is 2.27. The molecular weight excluding hydrogens is 418 g/mol. The molecule has 0 saturated carbocycles. The number of methoxy groups -OCH3 is 1. The van der Waals surface area contributed by atoms with E-state index in [4.69, 9.17) is 17.0 Å². The van der Waals surface area contributed by atoms with E-state index in [-0.39, 0.29) is 12.0 Å². The molecule has 0 bridgehead atoms. The minimum absolute atomic E-state index is 0.229. The van der Waals surface area contributed by atoms with E-state index < -0.39 is 0 Å². The third kappa shape index (κ3) is 5.15. The number of esters is 1. The van der Waals surface area contributed by atoms with E-state index in [0.717, 1.165) is 31.9 Å². The summed E-state index contributed by atoms with van der Waals surface area (Å²) in [6.45, 7) is 3.53. The molecule has 0 spiro atoms. The Bertz CT molecular complexity index is 994. The van der Waals surface area contributed by atoms with Crippen molar-refractivity contribution >= 4 is 29.0 Å². The fourth-order valence-corrected chi connectivity index (χ4v) is 4.38. The maximum absolute atomic E-state index is 11.6. The average molecular weight is 446 g/mol. The van der Waals surface area contributed by atoms with Crippen molar-refractivity contribution in [3.05, 3.63) is 102 Å². The van der Waals surface area contributed by atoms with Crippen molar-refractivity contribution in [1.29, 1.82) is 0 Å². The van der Waals surface area contributed by atoms with Crippen LogP contribution >= 0.6 is 12.2 Å². The molecular formula is C26H27N3O2S. The molecule has 164 valence electrons. The molecule has 1 heterocycles. The summed E-state index contributed by atoms with van der Waals surface area (Å²) in [6.07, 6.45) is 0. The summed E-state index contributed by atoms with van der Waals surface area (Å²) in [7, 11) is 1.38. The van der Waals surface area contributed by atoms with Crippen molar-refractivity contribution in [2.24, 2.45) is 0 Å². The van der Waals surface area contributed by atoms with Gasteiger partial charge in [0.1, 0.15) is 0 Å². The van der Waals surface area contributed by atoms with Crippen LogP contribution in [0, 0.1) is 0 Å². The number of carbonyl (C=O) groups excluding carboxylic acids is 1. The second kappa shape index (κ2) is 10.4. The zero-order valence-electron chi connectivity index (χ0n) is 18.1. The molecule has 0 aliphatic carbocycles. The Morgan fingerprint density at radius 3 is 1.88 bits per heavy atom. The van der Waals surface area contributed by atoms with Gasteiger partial charge >= 0.3 is 5.97 Å². The Balaban J connectivity index is 1.40. The van der Waals surface area contributed by atoms with E-state index in [1.807, 2.05) is 12.1 Å². The van der Waals surface area contributed by atoms with Gasteiger partial charge < -0.3 is 15.0 Å². The van der Waals surface area contributed by atoms with Crippen molar-refractivity contribution < 1.29 is 9.53 Å². The molecule has 0 amide bonds. The number of thiocarbonyl (C=S) groups is 1. The van der Waals surface area contributed by atoms with Crippen LogP contribution in [0.2, 0.25) is 0 Å². The van der Waals surface area contributed by atoms with Crippen molar-refractivity contribution in [2.45, 2.75) is 6.04 Å². The summed E-state index contributed by atoms with van der Waals surface area (Å²) < 4.78 is 4.75. The smallest absolute Gasteiger partial charge is 0.337 e. The summed E-state index contributed by atoms with van der Waals surface area (Å²) in [4.78, 5) is 16.3. The van der Waals surface area contributed by atoms with E-state index in [1.54, 1.807) is 12.1 Å². The Labute approximate surface area is 194 Å². The van der Waals surface area contributed by atoms with Gasteiger partial charge in [0.25, 0.3) is 0 Å². The molecule has 1 fully saturated rings. The number of ether oxygens (including phenoxy) is 1. The first-order valence-corrected chi connectivity index (χ1v) is 11.1. The molecule has 0 atom stereocenters. The lowest BCUT2D eigenvalue weighted by Gasteiger charge is -2.40. The molecule has 3 aromatic carbocycles. The molecule has 0 unspecified atom stereocenters. The van der Waals surface area contributed by atoms with E-state index in [9.17, 15) is 4.79 Å². The van der Waals surface area contributed by atoms with Crippen molar-refractivity contribution in [1.82, 2.24) is 9.80 Å². The molecule has 0 radical (unpaired) electrons. The molecule has 1 aliphatic rings. The minimum atomic E-state index is -0.346. The monoisotopic (exact) mass is 445 g/mol. The van der Waals surface area contributed by atoms with Gasteiger partial charge in [0.05, 0.1) is 18.7 Å². The normalized spacial score (nSPS) is 14.2. The second-order valence-electron chi connectivity index (χ2n) is 7.75. The second-order valence-corrected chi connectivity index (χ2v) is 8.13. The number of carbonyl (C=O) groups is 1. The van der Waals surface area contributed by atoms with Crippen molar-refractivity contribution in [3.8, 4) is 0 Å². The topological polar surface area (TPSA) is 44.8 Å². The van der Waals surface area contributed by atoms with E-state index in [1.165, 1.54) is 18.2 Å². The van der Waals surface area contributed by atoms with Crippen LogP contribution in [0.25, 0.3) is 0 Å². The first-order chi connectivity index (χ1) is 15.7. The first-order valence-electron chi connectivity index (χ1n) is 10.7. The Hall–Kier alpha value is -3.22. The van der Waals surface area contributed by atoms with Gasteiger partial charge in [-0.25, -0.2) is 4.79 Å². The van der Waals surface area contributed by atoms with Gasteiger partial charge in [0, 0.05) is 31.9 Å². The van der Waals surface area contributed by atoms with E-state index >= 15 is 0 Å². The molecule has 1 aliphatic heterocycles. The van der Waals surface area contributed by atoms with Crippen molar-refractivity contribution in [2.75, 3.05) is 38.6 Å². The number of anilines is 1. The highest BCUT2D eigenvalue weighted by atomic mass is 32.1. The van der Waals surface area contributed by atoms with Crippen LogP contribution in [-0.2, 0) is 4.74 Å².